The number of ether oxygens (including phenoxy) is 1. The molecule has 76 valence electrons. The monoisotopic (exact) mass is 235 g/mol. The summed E-state index contributed by atoms with van der Waals surface area (Å²) in [5.41, 5.74) is -0.291. The molecule has 0 spiro atoms. The van der Waals surface area contributed by atoms with Crippen molar-refractivity contribution >= 4 is 28.9 Å². The van der Waals surface area contributed by atoms with E-state index < -0.39 is 4.92 Å². The first kappa shape index (κ1) is 11.1. The van der Waals surface area contributed by atoms with Crippen molar-refractivity contribution in [2.45, 2.75) is 6.92 Å². The van der Waals surface area contributed by atoms with Gasteiger partial charge in [0.25, 0.3) is 0 Å². The van der Waals surface area contributed by atoms with Crippen LogP contribution in [0, 0.1) is 10.1 Å². The van der Waals surface area contributed by atoms with Crippen molar-refractivity contribution in [3.8, 4) is 5.75 Å². The van der Waals surface area contributed by atoms with Gasteiger partial charge >= 0.3 is 5.69 Å². The summed E-state index contributed by atoms with van der Waals surface area (Å²) in [6, 6.07) is 2.89. The largest absolute Gasteiger partial charge is 0.487 e. The van der Waals surface area contributed by atoms with E-state index in [2.05, 4.69) is 0 Å². The van der Waals surface area contributed by atoms with E-state index in [0.29, 0.717) is 6.61 Å². The fourth-order valence-corrected chi connectivity index (χ4v) is 1.34. The maximum Gasteiger partial charge on any atom is 0.330 e. The third kappa shape index (κ3) is 2.08. The van der Waals surface area contributed by atoms with Crippen LogP contribution in [0.2, 0.25) is 10.0 Å². The first-order valence-corrected chi connectivity index (χ1v) is 4.58. The summed E-state index contributed by atoms with van der Waals surface area (Å²) >= 11 is 11.3. The van der Waals surface area contributed by atoms with Crippen molar-refractivity contribution in [2.75, 3.05) is 6.61 Å². The molecule has 0 unspecified atom stereocenters. The molecule has 0 N–H and O–H groups in total. The highest BCUT2D eigenvalue weighted by atomic mass is 35.5. The van der Waals surface area contributed by atoms with E-state index in [4.69, 9.17) is 27.9 Å². The molecule has 0 aromatic heterocycles. The molecule has 0 atom stereocenters. The Hall–Kier alpha value is -1.00. The van der Waals surface area contributed by atoms with Gasteiger partial charge in [0, 0.05) is 0 Å². The lowest BCUT2D eigenvalue weighted by Gasteiger charge is -2.05. The summed E-state index contributed by atoms with van der Waals surface area (Å²) in [7, 11) is 0. The lowest BCUT2D eigenvalue weighted by molar-refractivity contribution is -0.385. The van der Waals surface area contributed by atoms with Gasteiger partial charge in [-0.3, -0.25) is 10.1 Å². The van der Waals surface area contributed by atoms with E-state index >= 15 is 0 Å². The highest BCUT2D eigenvalue weighted by Crippen LogP contribution is 2.39. The minimum Gasteiger partial charge on any atom is -0.487 e. The third-order valence-electron chi connectivity index (χ3n) is 1.51. The van der Waals surface area contributed by atoms with Gasteiger partial charge in [0.1, 0.15) is 5.02 Å². The maximum atomic E-state index is 10.7. The summed E-state index contributed by atoms with van der Waals surface area (Å²) in [6.45, 7) is 2.06. The Kier molecular flexibility index (Phi) is 3.55. The van der Waals surface area contributed by atoms with Crippen LogP contribution >= 0.6 is 23.2 Å². The molecule has 0 heterocycles. The second kappa shape index (κ2) is 4.48. The van der Waals surface area contributed by atoms with Gasteiger partial charge in [-0.15, -0.1) is 0 Å². The van der Waals surface area contributed by atoms with Gasteiger partial charge in [0.05, 0.1) is 16.6 Å². The van der Waals surface area contributed by atoms with E-state index in [9.17, 15) is 10.1 Å². The molecule has 1 rings (SSSR count). The van der Waals surface area contributed by atoms with Crippen molar-refractivity contribution in [1.29, 1.82) is 0 Å². The molecule has 14 heavy (non-hydrogen) atoms. The predicted molar refractivity (Wildman–Crippen MR) is 54.3 cm³/mol. The van der Waals surface area contributed by atoms with Gasteiger partial charge in [-0.1, -0.05) is 23.2 Å². The Morgan fingerprint density at radius 1 is 1.50 bits per heavy atom. The van der Waals surface area contributed by atoms with Crippen molar-refractivity contribution < 1.29 is 9.66 Å². The Balaban J connectivity index is 3.30. The number of nitro benzene ring substituents is 1. The fourth-order valence-electron chi connectivity index (χ4n) is 0.964. The zero-order chi connectivity index (χ0) is 10.7. The second-order valence-corrected chi connectivity index (χ2v) is 3.18. The van der Waals surface area contributed by atoms with Gasteiger partial charge in [0.15, 0.2) is 5.75 Å². The number of halogens is 2. The number of rotatable bonds is 3. The Morgan fingerprint density at radius 3 is 2.64 bits per heavy atom. The predicted octanol–water partition coefficient (Wildman–Crippen LogP) is 3.30. The van der Waals surface area contributed by atoms with Crippen LogP contribution in [0.25, 0.3) is 0 Å². The minimum absolute atomic E-state index is 0.0948. The number of hydrogen-bond acceptors (Lipinski definition) is 3. The molecular formula is C8H7Cl2NO3. The molecule has 0 saturated heterocycles. The Morgan fingerprint density at radius 2 is 2.14 bits per heavy atom. The molecule has 6 heteroatoms. The number of nitrogens with zero attached hydrogens (tertiary/aromatic N) is 1. The summed E-state index contributed by atoms with van der Waals surface area (Å²) in [6.07, 6.45) is 0. The maximum absolute atomic E-state index is 10.7. The molecule has 0 bridgehead atoms. The third-order valence-corrected chi connectivity index (χ3v) is 2.31. The van der Waals surface area contributed by atoms with E-state index in [1.807, 2.05) is 0 Å². The number of benzene rings is 1. The zero-order valence-electron chi connectivity index (χ0n) is 7.29. The lowest BCUT2D eigenvalue weighted by Crippen LogP contribution is -1.98. The smallest absolute Gasteiger partial charge is 0.330 e. The molecule has 1 aromatic carbocycles. The Labute approximate surface area is 90.5 Å². The fraction of sp³-hybridized carbons (Fsp3) is 0.250. The van der Waals surface area contributed by atoms with Crippen LogP contribution in [-0.4, -0.2) is 11.5 Å². The van der Waals surface area contributed by atoms with E-state index in [1.165, 1.54) is 12.1 Å². The SMILES string of the molecule is CCOc1ccc(Cl)c(Cl)c1[N+](=O)[O-]. The Bertz CT molecular complexity index is 368. The molecule has 0 saturated carbocycles. The van der Waals surface area contributed by atoms with Gasteiger partial charge in [-0.05, 0) is 19.1 Å². The molecule has 0 amide bonds. The first-order chi connectivity index (χ1) is 6.57. The zero-order valence-corrected chi connectivity index (χ0v) is 8.80. The average molecular weight is 236 g/mol. The summed E-state index contributed by atoms with van der Waals surface area (Å²) in [4.78, 5) is 10.0. The summed E-state index contributed by atoms with van der Waals surface area (Å²) < 4.78 is 5.05. The topological polar surface area (TPSA) is 52.4 Å². The van der Waals surface area contributed by atoms with Crippen LogP contribution in [-0.2, 0) is 0 Å². The van der Waals surface area contributed by atoms with Crippen molar-refractivity contribution in [3.63, 3.8) is 0 Å². The second-order valence-electron chi connectivity index (χ2n) is 2.40. The van der Waals surface area contributed by atoms with Gasteiger partial charge < -0.3 is 4.74 Å². The molecule has 0 aliphatic rings. The first-order valence-electron chi connectivity index (χ1n) is 3.83. The van der Waals surface area contributed by atoms with Crippen LogP contribution in [0.3, 0.4) is 0 Å². The van der Waals surface area contributed by atoms with Crippen molar-refractivity contribution in [3.05, 3.63) is 32.3 Å². The highest BCUT2D eigenvalue weighted by Gasteiger charge is 2.22. The number of nitro groups is 1. The van der Waals surface area contributed by atoms with Crippen LogP contribution in [0.1, 0.15) is 6.92 Å². The van der Waals surface area contributed by atoms with Crippen LogP contribution in [0.4, 0.5) is 5.69 Å². The molecule has 0 fully saturated rings. The van der Waals surface area contributed by atoms with Crippen LogP contribution in [0.5, 0.6) is 5.75 Å². The van der Waals surface area contributed by atoms with Crippen LogP contribution < -0.4 is 4.74 Å². The molecule has 1 aromatic rings. The lowest BCUT2D eigenvalue weighted by atomic mass is 10.3. The molecule has 4 nitrogen and oxygen atoms in total. The quantitative estimate of drug-likeness (QED) is 0.597. The normalized spacial score (nSPS) is 9.93. The minimum atomic E-state index is -0.612. The molecule has 0 aliphatic heterocycles. The highest BCUT2D eigenvalue weighted by molar-refractivity contribution is 6.43. The van der Waals surface area contributed by atoms with E-state index in [-0.39, 0.29) is 21.5 Å². The molecular weight excluding hydrogens is 229 g/mol. The average Bonchev–Trinajstić information content (AvgIpc) is 2.11. The van der Waals surface area contributed by atoms with E-state index in [0.717, 1.165) is 0 Å². The van der Waals surface area contributed by atoms with Crippen molar-refractivity contribution in [1.82, 2.24) is 0 Å². The van der Waals surface area contributed by atoms with E-state index in [1.54, 1.807) is 6.92 Å². The van der Waals surface area contributed by atoms with Gasteiger partial charge in [0.2, 0.25) is 0 Å². The molecule has 0 radical (unpaired) electrons. The summed E-state index contributed by atoms with van der Waals surface area (Å²) in [5, 5.41) is 10.7. The molecule has 0 aliphatic carbocycles. The van der Waals surface area contributed by atoms with Gasteiger partial charge in [-0.2, -0.15) is 0 Å². The van der Waals surface area contributed by atoms with Gasteiger partial charge in [-0.25, -0.2) is 0 Å². The standard InChI is InChI=1S/C8H7Cl2NO3/c1-2-14-6-4-3-5(9)7(10)8(6)11(12)13/h3-4H,2H2,1H3. The van der Waals surface area contributed by atoms with Crippen molar-refractivity contribution in [2.24, 2.45) is 0 Å². The van der Waals surface area contributed by atoms with Crippen LogP contribution in [0.15, 0.2) is 12.1 Å². The summed E-state index contributed by atoms with van der Waals surface area (Å²) in [5.74, 6) is 0.131. The number of hydrogen-bond donors (Lipinski definition) is 0.